The van der Waals surface area contributed by atoms with Crippen LogP contribution in [0.5, 0.6) is 0 Å². The molecular formula is C16H17FN2. The summed E-state index contributed by atoms with van der Waals surface area (Å²) in [7, 11) is 0. The van der Waals surface area contributed by atoms with Gasteiger partial charge in [0.05, 0.1) is 11.7 Å². The maximum atomic E-state index is 14.1. The molecule has 0 amide bonds. The predicted octanol–water partition coefficient (Wildman–Crippen LogP) is 3.32. The molecule has 1 unspecified atom stereocenters. The Morgan fingerprint density at radius 3 is 2.42 bits per heavy atom. The number of rotatable bonds is 3. The molecule has 19 heavy (non-hydrogen) atoms. The Balaban J connectivity index is 1.92. The van der Waals surface area contributed by atoms with Gasteiger partial charge in [-0.3, -0.25) is 0 Å². The normalized spacial score (nSPS) is 18.1. The van der Waals surface area contributed by atoms with Gasteiger partial charge < -0.3 is 5.73 Å². The summed E-state index contributed by atoms with van der Waals surface area (Å²) in [5.41, 5.74) is 8.37. The van der Waals surface area contributed by atoms with Crippen LogP contribution in [-0.4, -0.2) is 4.98 Å². The average Bonchev–Trinajstić information content (AvgIpc) is 3.17. The molecule has 0 bridgehead atoms. The summed E-state index contributed by atoms with van der Waals surface area (Å²) in [6.45, 7) is 2.07. The highest BCUT2D eigenvalue weighted by molar-refractivity contribution is 5.33. The van der Waals surface area contributed by atoms with E-state index in [0.717, 1.165) is 24.0 Å². The number of benzene rings is 1. The minimum Gasteiger partial charge on any atom is -0.319 e. The number of halogens is 1. The van der Waals surface area contributed by atoms with Crippen LogP contribution in [0.1, 0.15) is 42.6 Å². The third-order valence-corrected chi connectivity index (χ3v) is 4.00. The lowest BCUT2D eigenvalue weighted by Gasteiger charge is -2.14. The van der Waals surface area contributed by atoms with Crippen LogP contribution in [0.2, 0.25) is 0 Å². The molecule has 1 saturated carbocycles. The van der Waals surface area contributed by atoms with Gasteiger partial charge in [0.2, 0.25) is 5.95 Å². The Morgan fingerprint density at radius 2 is 1.84 bits per heavy atom. The number of pyridine rings is 1. The van der Waals surface area contributed by atoms with Crippen molar-refractivity contribution in [2.45, 2.75) is 31.2 Å². The van der Waals surface area contributed by atoms with Crippen LogP contribution in [0.15, 0.2) is 42.5 Å². The van der Waals surface area contributed by atoms with Gasteiger partial charge in [0.15, 0.2) is 0 Å². The quantitative estimate of drug-likeness (QED) is 0.856. The molecule has 0 aliphatic heterocycles. The van der Waals surface area contributed by atoms with Crippen molar-refractivity contribution in [2.75, 3.05) is 0 Å². The molecule has 3 rings (SSSR count). The third-order valence-electron chi connectivity index (χ3n) is 4.00. The molecule has 98 valence electrons. The lowest BCUT2D eigenvalue weighted by Crippen LogP contribution is -2.16. The van der Waals surface area contributed by atoms with Gasteiger partial charge in [-0.25, -0.2) is 4.98 Å². The molecule has 1 fully saturated rings. The second-order valence-corrected chi connectivity index (χ2v) is 5.52. The fourth-order valence-electron chi connectivity index (χ4n) is 2.36. The van der Waals surface area contributed by atoms with Gasteiger partial charge in [-0.05, 0) is 29.9 Å². The van der Waals surface area contributed by atoms with E-state index in [9.17, 15) is 4.39 Å². The molecule has 0 spiro atoms. The van der Waals surface area contributed by atoms with Gasteiger partial charge in [-0.2, -0.15) is 4.39 Å². The van der Waals surface area contributed by atoms with Crippen molar-refractivity contribution in [1.29, 1.82) is 0 Å². The Hall–Kier alpha value is -1.74. The topological polar surface area (TPSA) is 38.9 Å². The molecule has 1 aromatic heterocycles. The van der Waals surface area contributed by atoms with Gasteiger partial charge in [0.25, 0.3) is 0 Å². The summed E-state index contributed by atoms with van der Waals surface area (Å²) in [6, 6.07) is 12.9. The van der Waals surface area contributed by atoms with Gasteiger partial charge in [0.1, 0.15) is 0 Å². The number of nitrogens with zero attached hydrogens (tertiary/aromatic N) is 1. The minimum absolute atomic E-state index is 0.00748. The van der Waals surface area contributed by atoms with Crippen LogP contribution in [0, 0.1) is 5.95 Å². The van der Waals surface area contributed by atoms with Crippen molar-refractivity contribution >= 4 is 0 Å². The van der Waals surface area contributed by atoms with Crippen LogP contribution < -0.4 is 5.73 Å². The van der Waals surface area contributed by atoms with Crippen molar-refractivity contribution in [3.05, 3.63) is 65.2 Å². The van der Waals surface area contributed by atoms with E-state index >= 15 is 0 Å². The first-order valence-electron chi connectivity index (χ1n) is 6.58. The monoisotopic (exact) mass is 256 g/mol. The molecule has 0 radical (unpaired) electrons. The molecule has 1 aliphatic carbocycles. The molecule has 1 heterocycles. The summed E-state index contributed by atoms with van der Waals surface area (Å²) < 4.78 is 14.1. The first kappa shape index (κ1) is 12.3. The van der Waals surface area contributed by atoms with Crippen molar-refractivity contribution in [2.24, 2.45) is 5.73 Å². The lowest BCUT2D eigenvalue weighted by molar-refractivity contribution is 0.537. The van der Waals surface area contributed by atoms with E-state index in [1.54, 1.807) is 0 Å². The van der Waals surface area contributed by atoms with Gasteiger partial charge in [0, 0.05) is 5.56 Å². The highest BCUT2D eigenvalue weighted by Gasteiger charge is 2.41. The zero-order chi connectivity index (χ0) is 13.5. The SMILES string of the molecule is CC1(c2ccc(C(N)c3ccccc3)nc2F)CC1. The molecule has 2 aromatic rings. The summed E-state index contributed by atoms with van der Waals surface area (Å²) >= 11 is 0. The highest BCUT2D eigenvalue weighted by atomic mass is 19.1. The molecule has 2 nitrogen and oxygen atoms in total. The van der Waals surface area contributed by atoms with Crippen molar-refractivity contribution < 1.29 is 4.39 Å². The highest BCUT2D eigenvalue weighted by Crippen LogP contribution is 2.48. The van der Waals surface area contributed by atoms with Gasteiger partial charge in [-0.1, -0.05) is 43.3 Å². The predicted molar refractivity (Wildman–Crippen MR) is 73.3 cm³/mol. The lowest BCUT2D eigenvalue weighted by atomic mass is 9.98. The maximum Gasteiger partial charge on any atom is 0.216 e. The summed E-state index contributed by atoms with van der Waals surface area (Å²) in [5.74, 6) is -0.371. The van der Waals surface area contributed by atoms with E-state index in [1.165, 1.54) is 0 Å². The molecule has 1 aliphatic rings. The smallest absolute Gasteiger partial charge is 0.216 e. The van der Waals surface area contributed by atoms with Crippen LogP contribution >= 0.6 is 0 Å². The zero-order valence-electron chi connectivity index (χ0n) is 10.9. The fraction of sp³-hybridized carbons (Fsp3) is 0.312. The second-order valence-electron chi connectivity index (χ2n) is 5.52. The van der Waals surface area contributed by atoms with Crippen LogP contribution in [-0.2, 0) is 5.41 Å². The Morgan fingerprint density at radius 1 is 1.16 bits per heavy atom. The van der Waals surface area contributed by atoms with E-state index < -0.39 is 0 Å². The Labute approximate surface area is 112 Å². The van der Waals surface area contributed by atoms with E-state index in [1.807, 2.05) is 42.5 Å². The second kappa shape index (κ2) is 4.42. The standard InChI is InChI=1S/C16H17FN2/c1-16(9-10-16)12-7-8-13(19-15(12)17)14(18)11-5-3-2-4-6-11/h2-8,14H,9-10,18H2,1H3. The first-order valence-corrected chi connectivity index (χ1v) is 6.58. The molecule has 3 heteroatoms. The number of hydrogen-bond donors (Lipinski definition) is 1. The van der Waals surface area contributed by atoms with Crippen molar-refractivity contribution in [3.63, 3.8) is 0 Å². The average molecular weight is 256 g/mol. The van der Waals surface area contributed by atoms with Crippen molar-refractivity contribution in [1.82, 2.24) is 4.98 Å². The zero-order valence-corrected chi connectivity index (χ0v) is 10.9. The van der Waals surface area contributed by atoms with E-state index in [2.05, 4.69) is 11.9 Å². The van der Waals surface area contributed by atoms with E-state index in [0.29, 0.717) is 5.69 Å². The molecule has 1 atom stereocenters. The summed E-state index contributed by atoms with van der Waals surface area (Å²) in [4.78, 5) is 4.06. The van der Waals surface area contributed by atoms with Crippen LogP contribution in [0.3, 0.4) is 0 Å². The third kappa shape index (κ3) is 2.26. The Bertz CT molecular complexity index is 591. The molecule has 1 aromatic carbocycles. The molecular weight excluding hydrogens is 239 g/mol. The van der Waals surface area contributed by atoms with Crippen LogP contribution in [0.4, 0.5) is 4.39 Å². The number of hydrogen-bond acceptors (Lipinski definition) is 2. The largest absolute Gasteiger partial charge is 0.319 e. The van der Waals surface area contributed by atoms with Gasteiger partial charge in [-0.15, -0.1) is 0 Å². The molecule has 2 N–H and O–H groups in total. The summed E-state index contributed by atoms with van der Waals surface area (Å²) in [6.07, 6.45) is 2.07. The van der Waals surface area contributed by atoms with E-state index in [-0.39, 0.29) is 17.4 Å². The maximum absolute atomic E-state index is 14.1. The summed E-state index contributed by atoms with van der Waals surface area (Å²) in [5, 5.41) is 0. The van der Waals surface area contributed by atoms with Crippen molar-refractivity contribution in [3.8, 4) is 0 Å². The van der Waals surface area contributed by atoms with Crippen LogP contribution in [0.25, 0.3) is 0 Å². The number of aromatic nitrogens is 1. The Kier molecular flexibility index (Phi) is 2.86. The van der Waals surface area contributed by atoms with E-state index in [4.69, 9.17) is 5.73 Å². The van der Waals surface area contributed by atoms with Gasteiger partial charge >= 0.3 is 0 Å². The number of nitrogens with two attached hydrogens (primary N) is 1. The molecule has 0 saturated heterocycles. The minimum atomic E-state index is -0.378. The first-order chi connectivity index (χ1) is 9.10. The fourth-order valence-corrected chi connectivity index (χ4v) is 2.36.